The molecule has 1 N–H and O–H groups in total. The third kappa shape index (κ3) is 3.59. The van der Waals surface area contributed by atoms with Crippen LogP contribution in [-0.4, -0.2) is 15.5 Å². The van der Waals surface area contributed by atoms with Gasteiger partial charge in [0.05, 0.1) is 12.6 Å². The Bertz CT molecular complexity index is 1120. The van der Waals surface area contributed by atoms with Gasteiger partial charge in [-0.3, -0.25) is 0 Å². The van der Waals surface area contributed by atoms with E-state index in [0.29, 0.717) is 12.5 Å². The number of aryl methyl sites for hydroxylation is 3. The first-order valence-electron chi connectivity index (χ1n) is 11.4. The van der Waals surface area contributed by atoms with Crippen LogP contribution in [0.2, 0.25) is 0 Å². The summed E-state index contributed by atoms with van der Waals surface area (Å²) in [5.41, 5.74) is 7.26. The minimum Gasteiger partial charge on any atom is -0.311 e. The van der Waals surface area contributed by atoms with E-state index in [0.717, 1.165) is 23.2 Å². The molecule has 1 aliphatic heterocycles. The molecule has 0 saturated carbocycles. The lowest BCUT2D eigenvalue weighted by atomic mass is 9.94. The van der Waals surface area contributed by atoms with Crippen LogP contribution in [0.3, 0.4) is 0 Å². The maximum Gasteiger partial charge on any atom is 0.322 e. The molecule has 5 rings (SSSR count). The average Bonchev–Trinajstić information content (AvgIpc) is 3.28. The summed E-state index contributed by atoms with van der Waals surface area (Å²) in [4.78, 5) is 17.3. The number of aromatic nitrogens is 1. The van der Waals surface area contributed by atoms with Gasteiger partial charge in [-0.1, -0.05) is 19.9 Å². The summed E-state index contributed by atoms with van der Waals surface area (Å²) < 4.78 is 2.35. The SMILES string of the molecule is Cc1cc(C)cc(NC(=O)N2Cc3c(sc4c3CCCC4)-n3cccc3[C@@H]2C(C)C)c1. The second-order valence-electron chi connectivity index (χ2n) is 9.42. The van der Waals surface area contributed by atoms with Gasteiger partial charge in [0, 0.05) is 28.0 Å². The predicted molar refractivity (Wildman–Crippen MR) is 128 cm³/mol. The number of thiophene rings is 1. The summed E-state index contributed by atoms with van der Waals surface area (Å²) in [6.07, 6.45) is 7.01. The molecule has 0 spiro atoms. The van der Waals surface area contributed by atoms with Crippen molar-refractivity contribution in [3.8, 4) is 5.00 Å². The van der Waals surface area contributed by atoms with Gasteiger partial charge in [-0.15, -0.1) is 11.3 Å². The lowest BCUT2D eigenvalue weighted by molar-refractivity contribution is 0.161. The number of benzene rings is 1. The Morgan fingerprint density at radius 3 is 2.58 bits per heavy atom. The van der Waals surface area contributed by atoms with Crippen molar-refractivity contribution in [1.29, 1.82) is 0 Å². The van der Waals surface area contributed by atoms with Gasteiger partial charge in [-0.05, 0) is 86.4 Å². The van der Waals surface area contributed by atoms with Crippen molar-refractivity contribution < 1.29 is 4.79 Å². The van der Waals surface area contributed by atoms with Crippen LogP contribution < -0.4 is 5.32 Å². The minimum atomic E-state index is -0.0138. The van der Waals surface area contributed by atoms with E-state index in [-0.39, 0.29) is 12.1 Å². The lowest BCUT2D eigenvalue weighted by Gasteiger charge is -2.33. The van der Waals surface area contributed by atoms with Gasteiger partial charge in [0.1, 0.15) is 5.00 Å². The molecule has 0 radical (unpaired) electrons. The van der Waals surface area contributed by atoms with Crippen LogP contribution >= 0.6 is 11.3 Å². The van der Waals surface area contributed by atoms with Crippen molar-refractivity contribution >= 4 is 23.1 Å². The van der Waals surface area contributed by atoms with E-state index in [1.807, 2.05) is 23.5 Å². The number of urea groups is 1. The fourth-order valence-electron chi connectivity index (χ4n) is 5.36. The first kappa shape index (κ1) is 20.4. The first-order valence-corrected chi connectivity index (χ1v) is 12.2. The summed E-state index contributed by atoms with van der Waals surface area (Å²) in [5.74, 6) is 0.309. The largest absolute Gasteiger partial charge is 0.322 e. The standard InChI is InChI=1S/C26H31N3OS/c1-16(2)24-22-9-7-11-28(22)25-21(20-8-5-6-10-23(20)31-25)15-29(24)26(30)27-19-13-17(3)12-18(4)14-19/h7,9,11-14,16,24H,5-6,8,10,15H2,1-4H3,(H,27,30)/t24-/m0/s1. The molecule has 3 heterocycles. The summed E-state index contributed by atoms with van der Waals surface area (Å²) in [5, 5.41) is 4.53. The highest BCUT2D eigenvalue weighted by Crippen LogP contribution is 2.44. The Balaban J connectivity index is 1.59. The molecule has 0 saturated heterocycles. The number of nitrogens with zero attached hydrogens (tertiary/aromatic N) is 2. The normalized spacial score (nSPS) is 17.7. The highest BCUT2D eigenvalue weighted by atomic mass is 32.1. The zero-order valence-electron chi connectivity index (χ0n) is 18.9. The van der Waals surface area contributed by atoms with Crippen LogP contribution in [0.4, 0.5) is 10.5 Å². The topological polar surface area (TPSA) is 37.3 Å². The van der Waals surface area contributed by atoms with E-state index in [9.17, 15) is 4.79 Å². The van der Waals surface area contributed by atoms with Crippen molar-refractivity contribution in [1.82, 2.24) is 9.47 Å². The number of nitrogens with one attached hydrogen (secondary N) is 1. The highest BCUT2D eigenvalue weighted by Gasteiger charge is 2.36. The van der Waals surface area contributed by atoms with Gasteiger partial charge in [-0.25, -0.2) is 4.79 Å². The third-order valence-corrected chi connectivity index (χ3v) is 7.92. The van der Waals surface area contributed by atoms with Crippen molar-refractivity contribution in [2.45, 2.75) is 66.0 Å². The van der Waals surface area contributed by atoms with Gasteiger partial charge in [-0.2, -0.15) is 0 Å². The molecule has 4 nitrogen and oxygen atoms in total. The van der Waals surface area contributed by atoms with E-state index in [4.69, 9.17) is 0 Å². The Morgan fingerprint density at radius 1 is 1.10 bits per heavy atom. The number of hydrogen-bond acceptors (Lipinski definition) is 2. The van der Waals surface area contributed by atoms with Crippen molar-refractivity contribution in [3.63, 3.8) is 0 Å². The molecule has 5 heteroatoms. The molecule has 31 heavy (non-hydrogen) atoms. The maximum atomic E-state index is 13.7. The molecule has 1 aliphatic carbocycles. The zero-order valence-corrected chi connectivity index (χ0v) is 19.7. The van der Waals surface area contributed by atoms with Gasteiger partial charge in [0.2, 0.25) is 0 Å². The van der Waals surface area contributed by atoms with Gasteiger partial charge >= 0.3 is 6.03 Å². The van der Waals surface area contributed by atoms with Crippen molar-refractivity contribution in [2.24, 2.45) is 5.92 Å². The van der Waals surface area contributed by atoms with E-state index in [1.54, 1.807) is 0 Å². The van der Waals surface area contributed by atoms with Crippen LogP contribution in [0.1, 0.15) is 65.6 Å². The third-order valence-electron chi connectivity index (χ3n) is 6.59. The molecule has 0 bridgehead atoms. The zero-order chi connectivity index (χ0) is 21.7. The number of carbonyl (C=O) groups is 1. The van der Waals surface area contributed by atoms with Crippen LogP contribution in [0.25, 0.3) is 5.00 Å². The Kier molecular flexibility index (Phi) is 5.17. The fraction of sp³-hybridized carbons (Fsp3) is 0.423. The molecule has 3 aromatic rings. The van der Waals surface area contributed by atoms with E-state index in [2.05, 4.69) is 66.9 Å². The van der Waals surface area contributed by atoms with Crippen LogP contribution in [-0.2, 0) is 19.4 Å². The Hall–Kier alpha value is -2.53. The number of rotatable bonds is 2. The molecule has 1 aromatic carbocycles. The van der Waals surface area contributed by atoms with Crippen LogP contribution in [0.5, 0.6) is 0 Å². The van der Waals surface area contributed by atoms with E-state index >= 15 is 0 Å². The van der Waals surface area contributed by atoms with Gasteiger partial charge in [0.25, 0.3) is 0 Å². The second kappa shape index (κ2) is 7.86. The monoisotopic (exact) mass is 433 g/mol. The molecule has 2 aromatic heterocycles. The van der Waals surface area contributed by atoms with Crippen molar-refractivity contribution in [3.05, 3.63) is 69.4 Å². The van der Waals surface area contributed by atoms with E-state index in [1.165, 1.54) is 46.0 Å². The fourth-order valence-corrected chi connectivity index (χ4v) is 6.77. The number of hydrogen-bond donors (Lipinski definition) is 1. The molecule has 2 aliphatic rings. The van der Waals surface area contributed by atoms with E-state index < -0.39 is 0 Å². The molecule has 0 fully saturated rings. The van der Waals surface area contributed by atoms with Crippen LogP contribution in [0.15, 0.2) is 36.5 Å². The summed E-state index contributed by atoms with van der Waals surface area (Å²) in [6, 6.07) is 10.6. The quantitative estimate of drug-likeness (QED) is 0.475. The lowest BCUT2D eigenvalue weighted by Crippen LogP contribution is -2.39. The van der Waals surface area contributed by atoms with Crippen molar-refractivity contribution in [2.75, 3.05) is 5.32 Å². The van der Waals surface area contributed by atoms with Gasteiger partial charge in [0.15, 0.2) is 0 Å². The molecular weight excluding hydrogens is 402 g/mol. The predicted octanol–water partition coefficient (Wildman–Crippen LogP) is 6.78. The number of fused-ring (bicyclic) bond motifs is 5. The summed E-state index contributed by atoms with van der Waals surface area (Å²) in [6.45, 7) is 9.24. The summed E-state index contributed by atoms with van der Waals surface area (Å²) in [7, 11) is 0. The average molecular weight is 434 g/mol. The molecule has 162 valence electrons. The number of carbonyl (C=O) groups excluding carboxylic acids is 1. The molecular formula is C26H31N3OS. The van der Waals surface area contributed by atoms with Gasteiger partial charge < -0.3 is 14.8 Å². The highest BCUT2D eigenvalue weighted by molar-refractivity contribution is 7.15. The Labute approximate surface area is 188 Å². The minimum absolute atomic E-state index is 0.0138. The molecule has 1 atom stereocenters. The Morgan fingerprint density at radius 2 is 1.84 bits per heavy atom. The van der Waals surface area contributed by atoms with Crippen LogP contribution in [0, 0.1) is 19.8 Å². The number of amides is 2. The number of anilines is 1. The first-order chi connectivity index (χ1) is 14.9. The second-order valence-corrected chi connectivity index (χ2v) is 10.5. The smallest absolute Gasteiger partial charge is 0.311 e. The molecule has 0 unspecified atom stereocenters. The molecule has 2 amide bonds. The summed E-state index contributed by atoms with van der Waals surface area (Å²) >= 11 is 1.94. The maximum absolute atomic E-state index is 13.7.